The van der Waals surface area contributed by atoms with Gasteiger partial charge in [0.15, 0.2) is 18.2 Å². The molecule has 5 rings (SSSR count). The Bertz CT molecular complexity index is 1300. The number of anilines is 1. The van der Waals surface area contributed by atoms with Crippen LogP contribution in [0.3, 0.4) is 0 Å². The SMILES string of the molecule is Cc1ccc(NC(=O)COc2ccc(Br)cc2C2C3=C(CCCC3=O)OC3=C2C(=O)CCC3)cc1C. The first kappa shape index (κ1) is 24.5. The van der Waals surface area contributed by atoms with Gasteiger partial charge in [-0.25, -0.2) is 0 Å². The van der Waals surface area contributed by atoms with Gasteiger partial charge in [-0.15, -0.1) is 0 Å². The largest absolute Gasteiger partial charge is 0.483 e. The van der Waals surface area contributed by atoms with Crippen LogP contribution < -0.4 is 10.1 Å². The first-order chi connectivity index (χ1) is 17.3. The van der Waals surface area contributed by atoms with Gasteiger partial charge < -0.3 is 14.8 Å². The maximum Gasteiger partial charge on any atom is 0.262 e. The number of allylic oxidation sites excluding steroid dienone is 4. The van der Waals surface area contributed by atoms with E-state index >= 15 is 0 Å². The molecule has 0 spiro atoms. The number of hydrogen-bond donors (Lipinski definition) is 1. The summed E-state index contributed by atoms with van der Waals surface area (Å²) in [6.07, 6.45) is 3.68. The van der Waals surface area contributed by atoms with Gasteiger partial charge in [0, 0.05) is 52.6 Å². The van der Waals surface area contributed by atoms with Gasteiger partial charge in [0.05, 0.1) is 5.92 Å². The van der Waals surface area contributed by atoms with Crippen molar-refractivity contribution in [1.29, 1.82) is 0 Å². The van der Waals surface area contributed by atoms with Crippen LogP contribution in [0.1, 0.15) is 61.1 Å². The number of ketones is 2. The standard InChI is InChI=1S/C29H28BrNO5/c1-16-9-11-19(13-17(16)2)31-26(34)15-35-23-12-10-18(30)14-20(23)27-28-21(32)5-3-7-24(28)36-25-8-4-6-22(33)29(25)27/h9-14,27H,3-8,15H2,1-2H3,(H,31,34). The number of benzene rings is 2. The Morgan fingerprint density at radius 1 is 0.944 bits per heavy atom. The molecule has 2 aromatic carbocycles. The number of halogens is 1. The van der Waals surface area contributed by atoms with Gasteiger partial charge in [-0.2, -0.15) is 0 Å². The molecule has 0 radical (unpaired) electrons. The Hall–Kier alpha value is -3.19. The second kappa shape index (κ2) is 10.1. The third-order valence-electron chi connectivity index (χ3n) is 7.07. The van der Waals surface area contributed by atoms with Crippen LogP contribution in [-0.2, 0) is 19.1 Å². The molecular formula is C29H28BrNO5. The maximum atomic E-state index is 13.1. The molecule has 0 saturated heterocycles. The van der Waals surface area contributed by atoms with Gasteiger partial charge >= 0.3 is 0 Å². The summed E-state index contributed by atoms with van der Waals surface area (Å²) in [5.74, 6) is 0.970. The Morgan fingerprint density at radius 3 is 2.25 bits per heavy atom. The van der Waals surface area contributed by atoms with Crippen molar-refractivity contribution >= 4 is 39.1 Å². The lowest BCUT2D eigenvalue weighted by Crippen LogP contribution is -2.30. The van der Waals surface area contributed by atoms with Gasteiger partial charge in [-0.1, -0.05) is 22.0 Å². The molecule has 6 nitrogen and oxygen atoms in total. The Balaban J connectivity index is 1.47. The zero-order valence-corrected chi connectivity index (χ0v) is 22.0. The molecule has 3 aliphatic rings. The minimum atomic E-state index is -0.556. The van der Waals surface area contributed by atoms with E-state index in [1.807, 2.05) is 44.2 Å². The average molecular weight is 550 g/mol. The molecule has 2 aromatic rings. The van der Waals surface area contributed by atoms with Crippen LogP contribution >= 0.6 is 15.9 Å². The molecular weight excluding hydrogens is 522 g/mol. The number of rotatable bonds is 5. The van der Waals surface area contributed by atoms with Gasteiger partial charge in [0.1, 0.15) is 17.3 Å². The second-order valence-corrected chi connectivity index (χ2v) is 10.5. The molecule has 0 atom stereocenters. The van der Waals surface area contributed by atoms with Crippen molar-refractivity contribution in [3.05, 3.63) is 80.2 Å². The van der Waals surface area contributed by atoms with Crippen molar-refractivity contribution < 1.29 is 23.9 Å². The summed E-state index contributed by atoms with van der Waals surface area (Å²) in [6, 6.07) is 11.2. The number of aryl methyl sites for hydroxylation is 2. The number of ether oxygens (including phenoxy) is 2. The highest BCUT2D eigenvalue weighted by Gasteiger charge is 2.42. The molecule has 1 N–H and O–H groups in total. The average Bonchev–Trinajstić information content (AvgIpc) is 2.85. The number of carbonyl (C=O) groups excluding carboxylic acids is 3. The van der Waals surface area contributed by atoms with E-state index in [2.05, 4.69) is 21.2 Å². The molecule has 1 amide bonds. The molecule has 186 valence electrons. The first-order valence-electron chi connectivity index (χ1n) is 12.3. The van der Waals surface area contributed by atoms with E-state index in [1.165, 1.54) is 0 Å². The zero-order chi connectivity index (χ0) is 25.4. The molecule has 0 bridgehead atoms. The van der Waals surface area contributed by atoms with E-state index in [0.717, 1.165) is 28.4 Å². The predicted octanol–water partition coefficient (Wildman–Crippen LogP) is 6.21. The quantitative estimate of drug-likeness (QED) is 0.479. The summed E-state index contributed by atoms with van der Waals surface area (Å²) >= 11 is 3.54. The molecule has 0 saturated carbocycles. The highest BCUT2D eigenvalue weighted by molar-refractivity contribution is 9.10. The molecule has 1 aliphatic heterocycles. The van der Waals surface area contributed by atoms with Crippen LogP contribution in [0.2, 0.25) is 0 Å². The Kier molecular flexibility index (Phi) is 6.84. The van der Waals surface area contributed by atoms with Crippen molar-refractivity contribution in [1.82, 2.24) is 0 Å². The van der Waals surface area contributed by atoms with Crippen molar-refractivity contribution in [2.45, 2.75) is 58.3 Å². The maximum absolute atomic E-state index is 13.1. The summed E-state index contributed by atoms with van der Waals surface area (Å²) in [7, 11) is 0. The second-order valence-electron chi connectivity index (χ2n) is 9.58. The number of amides is 1. The van der Waals surface area contributed by atoms with Crippen molar-refractivity contribution in [2.75, 3.05) is 11.9 Å². The molecule has 2 aliphatic carbocycles. The predicted molar refractivity (Wildman–Crippen MR) is 140 cm³/mol. The fraction of sp³-hybridized carbons (Fsp3) is 0.345. The van der Waals surface area contributed by atoms with E-state index in [-0.39, 0.29) is 24.1 Å². The normalized spacial score (nSPS) is 18.0. The number of carbonyl (C=O) groups is 3. The molecule has 0 aromatic heterocycles. The lowest BCUT2D eigenvalue weighted by atomic mass is 9.73. The van der Waals surface area contributed by atoms with Gasteiger partial charge in [0.2, 0.25) is 0 Å². The van der Waals surface area contributed by atoms with E-state index in [9.17, 15) is 14.4 Å². The van der Waals surface area contributed by atoms with Gasteiger partial charge in [-0.05, 0) is 68.1 Å². The first-order valence-corrected chi connectivity index (χ1v) is 13.1. The van der Waals surface area contributed by atoms with Crippen LogP contribution in [0, 0.1) is 13.8 Å². The number of Topliss-reactive ketones (excluding diaryl/α,β-unsaturated/α-hetero) is 2. The van der Waals surface area contributed by atoms with Crippen molar-refractivity contribution in [3.63, 3.8) is 0 Å². The third-order valence-corrected chi connectivity index (χ3v) is 7.57. The van der Waals surface area contributed by atoms with Crippen LogP contribution in [0.5, 0.6) is 5.75 Å². The monoisotopic (exact) mass is 549 g/mol. The minimum Gasteiger partial charge on any atom is -0.483 e. The molecule has 1 heterocycles. The van der Waals surface area contributed by atoms with E-state index in [1.54, 1.807) is 6.07 Å². The molecule has 0 unspecified atom stereocenters. The fourth-order valence-corrected chi connectivity index (χ4v) is 5.54. The Labute approximate surface area is 218 Å². The molecule has 7 heteroatoms. The van der Waals surface area contributed by atoms with E-state index in [4.69, 9.17) is 9.47 Å². The lowest BCUT2D eigenvalue weighted by molar-refractivity contribution is -0.119. The molecule has 0 fully saturated rings. The number of hydrogen-bond acceptors (Lipinski definition) is 5. The fourth-order valence-electron chi connectivity index (χ4n) is 5.16. The van der Waals surface area contributed by atoms with Crippen molar-refractivity contribution in [2.24, 2.45) is 0 Å². The lowest BCUT2D eigenvalue weighted by Gasteiger charge is -2.36. The zero-order valence-electron chi connectivity index (χ0n) is 20.4. The highest BCUT2D eigenvalue weighted by Crippen LogP contribution is 2.50. The van der Waals surface area contributed by atoms with E-state index < -0.39 is 5.92 Å². The minimum absolute atomic E-state index is 0.00424. The van der Waals surface area contributed by atoms with Gasteiger partial charge in [-0.3, -0.25) is 14.4 Å². The summed E-state index contributed by atoms with van der Waals surface area (Å²) in [5.41, 5.74) is 4.74. The smallest absolute Gasteiger partial charge is 0.262 e. The van der Waals surface area contributed by atoms with Crippen LogP contribution in [-0.4, -0.2) is 24.1 Å². The molecule has 36 heavy (non-hydrogen) atoms. The summed E-state index contributed by atoms with van der Waals surface area (Å²) < 4.78 is 13.0. The topological polar surface area (TPSA) is 81.7 Å². The third kappa shape index (κ3) is 4.76. The van der Waals surface area contributed by atoms with Crippen LogP contribution in [0.4, 0.5) is 5.69 Å². The summed E-state index contributed by atoms with van der Waals surface area (Å²) in [5, 5.41) is 2.88. The van der Waals surface area contributed by atoms with E-state index in [0.29, 0.717) is 65.3 Å². The van der Waals surface area contributed by atoms with Crippen LogP contribution in [0.15, 0.2) is 63.5 Å². The van der Waals surface area contributed by atoms with Crippen molar-refractivity contribution in [3.8, 4) is 5.75 Å². The van der Waals surface area contributed by atoms with Crippen LogP contribution in [0.25, 0.3) is 0 Å². The van der Waals surface area contributed by atoms with Gasteiger partial charge in [0.25, 0.3) is 5.91 Å². The Morgan fingerprint density at radius 2 is 1.61 bits per heavy atom. The summed E-state index contributed by atoms with van der Waals surface area (Å²) in [6.45, 7) is 3.81. The highest BCUT2D eigenvalue weighted by atomic mass is 79.9. The summed E-state index contributed by atoms with van der Waals surface area (Å²) in [4.78, 5) is 38.9. The number of nitrogens with one attached hydrogen (secondary N) is 1.